The predicted octanol–water partition coefficient (Wildman–Crippen LogP) is 17.7. The molecule has 12 rings (SSSR count). The number of aryl methyl sites for hydroxylation is 2. The van der Waals surface area contributed by atoms with Gasteiger partial charge in [-0.15, -0.1) is 0 Å². The van der Waals surface area contributed by atoms with Crippen molar-refractivity contribution in [3.8, 4) is 44.5 Å². The Morgan fingerprint density at radius 3 is 1.59 bits per heavy atom. The predicted molar refractivity (Wildman–Crippen MR) is 287 cm³/mol. The zero-order valence-electron chi connectivity index (χ0n) is 39.9. The number of hydrogen-bond acceptors (Lipinski definition) is 1. The number of hydrogen-bond donors (Lipinski definition) is 0. The fourth-order valence-corrected chi connectivity index (χ4v) is 12.4. The molecule has 0 heterocycles. The van der Waals surface area contributed by atoms with E-state index in [1.165, 1.54) is 128 Å². The van der Waals surface area contributed by atoms with Gasteiger partial charge in [-0.1, -0.05) is 204 Å². The molecule has 1 nitrogen and oxygen atoms in total. The van der Waals surface area contributed by atoms with E-state index in [9.17, 15) is 0 Å². The fourth-order valence-electron chi connectivity index (χ4n) is 12.4. The van der Waals surface area contributed by atoms with E-state index >= 15 is 0 Å². The van der Waals surface area contributed by atoms with Crippen LogP contribution in [0.5, 0.6) is 0 Å². The second-order valence-electron chi connectivity index (χ2n) is 20.9. The normalized spacial score (nSPS) is 15.9. The maximum Gasteiger partial charge on any atom is 0.0714 e. The average molecular weight is 878 g/mol. The van der Waals surface area contributed by atoms with Crippen LogP contribution in [0.2, 0.25) is 0 Å². The van der Waals surface area contributed by atoms with Gasteiger partial charge in [-0.25, -0.2) is 0 Å². The summed E-state index contributed by atoms with van der Waals surface area (Å²) in [7, 11) is 0. The van der Waals surface area contributed by atoms with Gasteiger partial charge in [-0.3, -0.25) is 0 Å². The summed E-state index contributed by atoms with van der Waals surface area (Å²) in [6.45, 7) is 9.72. The summed E-state index contributed by atoms with van der Waals surface area (Å²) >= 11 is 0. The van der Waals surface area contributed by atoms with Gasteiger partial charge in [-0.05, 0) is 169 Å². The molecule has 0 N–H and O–H groups in total. The van der Waals surface area contributed by atoms with Crippen molar-refractivity contribution in [1.82, 2.24) is 0 Å². The minimum atomic E-state index is -0.544. The maximum atomic E-state index is 2.54. The van der Waals surface area contributed by atoms with Crippen LogP contribution >= 0.6 is 0 Å². The summed E-state index contributed by atoms with van der Waals surface area (Å²) in [5.74, 6) is 0. The van der Waals surface area contributed by atoms with Gasteiger partial charge in [0.2, 0.25) is 0 Å². The first-order valence-corrected chi connectivity index (χ1v) is 24.9. The summed E-state index contributed by atoms with van der Waals surface area (Å²) in [6, 6.07) is 80.5. The first kappa shape index (κ1) is 42.2. The lowest BCUT2D eigenvalue weighted by Gasteiger charge is -2.43. The Hall–Kier alpha value is -7.22. The topological polar surface area (TPSA) is 3.24 Å². The van der Waals surface area contributed by atoms with E-state index in [0.29, 0.717) is 0 Å². The second kappa shape index (κ2) is 16.5. The zero-order chi connectivity index (χ0) is 46.0. The standard InChI is InChI=1S/C67H59N/c1-65(2)41-42-66(3,4)64-56(28-18-30-61(64)65)48-37-39-55(40-38-48)68(54-25-12-7-13-26-54)63-45-62-59(44-58(63)49-34-31-47(32-35-49)51-36-33-46-19-14-15-20-50(46)43-51)57-27-16-17-29-60(57)67(62,52-21-8-5-9-22-52)53-23-10-6-11-24-53/h5-13,16-18,21-40,43-45H,14-15,19-20,41-42H2,1-4H3. The van der Waals surface area contributed by atoms with Gasteiger partial charge < -0.3 is 4.90 Å². The molecular weight excluding hydrogens is 819 g/mol. The van der Waals surface area contributed by atoms with Gasteiger partial charge in [0, 0.05) is 16.9 Å². The van der Waals surface area contributed by atoms with Crippen molar-refractivity contribution in [2.75, 3.05) is 4.90 Å². The van der Waals surface area contributed by atoms with Crippen molar-refractivity contribution in [3.05, 3.63) is 257 Å². The molecule has 3 aliphatic rings. The van der Waals surface area contributed by atoms with E-state index in [0.717, 1.165) is 17.1 Å². The van der Waals surface area contributed by atoms with Crippen molar-refractivity contribution >= 4 is 17.1 Å². The third kappa shape index (κ3) is 6.89. The van der Waals surface area contributed by atoms with Crippen molar-refractivity contribution in [2.24, 2.45) is 0 Å². The van der Waals surface area contributed by atoms with Crippen LogP contribution in [0.15, 0.2) is 212 Å². The van der Waals surface area contributed by atoms with Crippen molar-refractivity contribution in [3.63, 3.8) is 0 Å². The third-order valence-electron chi connectivity index (χ3n) is 16.0. The largest absolute Gasteiger partial charge is 0.310 e. The van der Waals surface area contributed by atoms with Crippen molar-refractivity contribution < 1.29 is 0 Å². The molecule has 68 heavy (non-hydrogen) atoms. The summed E-state index contributed by atoms with van der Waals surface area (Å²) in [4.78, 5) is 2.51. The van der Waals surface area contributed by atoms with E-state index in [1.807, 2.05) is 0 Å². The lowest BCUT2D eigenvalue weighted by Crippen LogP contribution is -2.34. The van der Waals surface area contributed by atoms with Crippen LogP contribution in [-0.4, -0.2) is 0 Å². The summed E-state index contributed by atoms with van der Waals surface area (Å²) < 4.78 is 0. The first-order valence-electron chi connectivity index (χ1n) is 24.9. The van der Waals surface area contributed by atoms with Gasteiger partial charge in [-0.2, -0.15) is 0 Å². The molecule has 0 spiro atoms. The number of fused-ring (bicyclic) bond motifs is 5. The molecule has 9 aromatic rings. The molecule has 0 aromatic heterocycles. The van der Waals surface area contributed by atoms with Crippen LogP contribution in [0.3, 0.4) is 0 Å². The minimum absolute atomic E-state index is 0.0898. The molecule has 0 unspecified atom stereocenters. The molecule has 0 amide bonds. The fraction of sp³-hybridized carbons (Fsp3) is 0.194. The van der Waals surface area contributed by atoms with E-state index < -0.39 is 5.41 Å². The number of rotatable bonds is 8. The Labute approximate surface area is 403 Å². The smallest absolute Gasteiger partial charge is 0.0714 e. The summed E-state index contributed by atoms with van der Waals surface area (Å²) in [5, 5.41) is 0. The van der Waals surface area contributed by atoms with Crippen LogP contribution in [0.1, 0.15) is 97.9 Å². The Balaban J connectivity index is 1.09. The third-order valence-corrected chi connectivity index (χ3v) is 16.0. The highest BCUT2D eigenvalue weighted by molar-refractivity contribution is 5.97. The Morgan fingerprint density at radius 1 is 0.353 bits per heavy atom. The minimum Gasteiger partial charge on any atom is -0.310 e. The molecular formula is C67H59N. The lowest BCUT2D eigenvalue weighted by molar-refractivity contribution is 0.333. The van der Waals surface area contributed by atoms with E-state index in [4.69, 9.17) is 0 Å². The molecule has 0 fully saturated rings. The number of para-hydroxylation sites is 1. The molecule has 0 bridgehead atoms. The van der Waals surface area contributed by atoms with Gasteiger partial charge in [0.05, 0.1) is 11.1 Å². The number of nitrogens with zero attached hydrogens (tertiary/aromatic N) is 1. The van der Waals surface area contributed by atoms with Crippen LogP contribution in [0.4, 0.5) is 17.1 Å². The van der Waals surface area contributed by atoms with Gasteiger partial charge in [0.1, 0.15) is 0 Å². The quantitative estimate of drug-likeness (QED) is 0.147. The Bertz CT molecular complexity index is 3260. The first-order chi connectivity index (χ1) is 33.2. The summed E-state index contributed by atoms with van der Waals surface area (Å²) in [6.07, 6.45) is 7.32. The molecule has 0 saturated heterocycles. The van der Waals surface area contributed by atoms with Crippen LogP contribution < -0.4 is 4.90 Å². The zero-order valence-corrected chi connectivity index (χ0v) is 39.9. The second-order valence-corrected chi connectivity index (χ2v) is 20.9. The van der Waals surface area contributed by atoms with Gasteiger partial charge in [0.25, 0.3) is 0 Å². The number of anilines is 3. The van der Waals surface area contributed by atoms with Crippen LogP contribution in [-0.2, 0) is 29.1 Å². The highest BCUT2D eigenvalue weighted by atomic mass is 15.1. The van der Waals surface area contributed by atoms with E-state index in [1.54, 1.807) is 0 Å². The molecule has 0 atom stereocenters. The lowest BCUT2D eigenvalue weighted by atomic mass is 9.61. The monoisotopic (exact) mass is 877 g/mol. The van der Waals surface area contributed by atoms with Crippen LogP contribution in [0.25, 0.3) is 44.5 Å². The highest BCUT2D eigenvalue weighted by Crippen LogP contribution is 2.59. The van der Waals surface area contributed by atoms with Crippen molar-refractivity contribution in [2.45, 2.75) is 82.5 Å². The van der Waals surface area contributed by atoms with Crippen molar-refractivity contribution in [1.29, 1.82) is 0 Å². The molecule has 332 valence electrons. The molecule has 9 aromatic carbocycles. The molecule has 0 aliphatic heterocycles. The Morgan fingerprint density at radius 2 is 0.882 bits per heavy atom. The highest BCUT2D eigenvalue weighted by Gasteiger charge is 2.47. The van der Waals surface area contributed by atoms with E-state index in [-0.39, 0.29) is 10.8 Å². The molecule has 0 saturated carbocycles. The average Bonchev–Trinajstić information content (AvgIpc) is 3.68. The molecule has 1 heteroatoms. The maximum absolute atomic E-state index is 2.54. The van der Waals surface area contributed by atoms with E-state index in [2.05, 4.69) is 245 Å². The molecule has 0 radical (unpaired) electrons. The Kier molecular flexibility index (Phi) is 10.2. The van der Waals surface area contributed by atoms with Gasteiger partial charge in [0.15, 0.2) is 0 Å². The summed E-state index contributed by atoms with van der Waals surface area (Å²) in [5.41, 5.74) is 24.3. The molecule has 3 aliphatic carbocycles. The van der Waals surface area contributed by atoms with Gasteiger partial charge >= 0.3 is 0 Å². The SMILES string of the molecule is CC1(C)CCC(C)(C)c2c(-c3ccc(N(c4ccccc4)c4cc5c(cc4-c4ccc(-c6ccc7c(c6)CCCC7)cc4)-c4ccccc4C5(c4ccccc4)c4ccccc4)cc3)cccc21. The van der Waals surface area contributed by atoms with Crippen LogP contribution in [0, 0.1) is 0 Å². The number of benzene rings is 9.